The fourth-order valence-corrected chi connectivity index (χ4v) is 2.21. The molecular weight excluding hydrogens is 108 g/mol. The topological polar surface area (TPSA) is 0 Å². The standard InChI is InChI=1S/C9H14/c1-2-5-9-7-3-6-8(9)4-1/h3,6,8-9H,1-2,4-5,7H2/t8-,9+/m0/s1. The lowest BCUT2D eigenvalue weighted by Gasteiger charge is -2.23. The van der Waals surface area contributed by atoms with E-state index in [1.54, 1.807) is 0 Å². The third-order valence-corrected chi connectivity index (χ3v) is 2.79. The van der Waals surface area contributed by atoms with Gasteiger partial charge in [0.1, 0.15) is 0 Å². The van der Waals surface area contributed by atoms with Crippen molar-refractivity contribution in [1.82, 2.24) is 0 Å². The lowest BCUT2D eigenvalue weighted by Crippen LogP contribution is -2.12. The Bertz CT molecular complexity index is 124. The van der Waals surface area contributed by atoms with Crippen LogP contribution in [-0.2, 0) is 0 Å². The highest BCUT2D eigenvalue weighted by molar-refractivity contribution is 5.02. The third-order valence-electron chi connectivity index (χ3n) is 2.79. The van der Waals surface area contributed by atoms with Gasteiger partial charge < -0.3 is 0 Å². The second-order valence-electron chi connectivity index (χ2n) is 3.37. The van der Waals surface area contributed by atoms with Gasteiger partial charge in [-0.05, 0) is 31.1 Å². The average Bonchev–Trinajstić information content (AvgIpc) is 2.33. The van der Waals surface area contributed by atoms with E-state index in [0.29, 0.717) is 0 Å². The van der Waals surface area contributed by atoms with Crippen LogP contribution in [0.4, 0.5) is 0 Å². The summed E-state index contributed by atoms with van der Waals surface area (Å²) >= 11 is 0. The molecule has 2 atom stereocenters. The molecule has 0 saturated heterocycles. The molecule has 0 bridgehead atoms. The molecule has 0 unspecified atom stereocenters. The zero-order valence-electron chi connectivity index (χ0n) is 5.84. The van der Waals surface area contributed by atoms with Crippen molar-refractivity contribution >= 4 is 0 Å². The fourth-order valence-electron chi connectivity index (χ4n) is 2.21. The molecule has 50 valence electrons. The quantitative estimate of drug-likeness (QED) is 0.433. The van der Waals surface area contributed by atoms with Crippen LogP contribution in [0.15, 0.2) is 12.2 Å². The summed E-state index contributed by atoms with van der Waals surface area (Å²) in [6.45, 7) is 0. The van der Waals surface area contributed by atoms with E-state index in [9.17, 15) is 0 Å². The summed E-state index contributed by atoms with van der Waals surface area (Å²) in [5.41, 5.74) is 0. The lowest BCUT2D eigenvalue weighted by molar-refractivity contribution is 0.304. The molecule has 0 radical (unpaired) electrons. The number of rotatable bonds is 0. The smallest absolute Gasteiger partial charge is 0.0202 e. The van der Waals surface area contributed by atoms with Gasteiger partial charge in [-0.2, -0.15) is 0 Å². The molecule has 0 aromatic rings. The van der Waals surface area contributed by atoms with E-state index >= 15 is 0 Å². The van der Waals surface area contributed by atoms with Crippen LogP contribution in [0.2, 0.25) is 0 Å². The maximum absolute atomic E-state index is 2.43. The first-order chi connectivity index (χ1) is 4.47. The van der Waals surface area contributed by atoms with Crippen molar-refractivity contribution in [2.45, 2.75) is 32.1 Å². The first-order valence-electron chi connectivity index (χ1n) is 4.13. The summed E-state index contributed by atoms with van der Waals surface area (Å²) < 4.78 is 0. The van der Waals surface area contributed by atoms with E-state index in [1.165, 1.54) is 32.1 Å². The van der Waals surface area contributed by atoms with Crippen molar-refractivity contribution < 1.29 is 0 Å². The monoisotopic (exact) mass is 122 g/mol. The van der Waals surface area contributed by atoms with Gasteiger partial charge >= 0.3 is 0 Å². The Morgan fingerprint density at radius 1 is 1.11 bits per heavy atom. The molecule has 2 rings (SSSR count). The van der Waals surface area contributed by atoms with Gasteiger partial charge in [-0.1, -0.05) is 25.0 Å². The molecule has 9 heavy (non-hydrogen) atoms. The van der Waals surface area contributed by atoms with Crippen molar-refractivity contribution in [2.75, 3.05) is 0 Å². The van der Waals surface area contributed by atoms with E-state index in [0.717, 1.165) is 11.8 Å². The number of hydrogen-bond donors (Lipinski definition) is 0. The Morgan fingerprint density at radius 2 is 2.00 bits per heavy atom. The van der Waals surface area contributed by atoms with Crippen molar-refractivity contribution in [3.8, 4) is 0 Å². The van der Waals surface area contributed by atoms with Gasteiger partial charge in [-0.25, -0.2) is 0 Å². The van der Waals surface area contributed by atoms with Gasteiger partial charge in [0.05, 0.1) is 0 Å². The van der Waals surface area contributed by atoms with Crippen LogP contribution in [-0.4, -0.2) is 0 Å². The summed E-state index contributed by atoms with van der Waals surface area (Å²) in [5, 5.41) is 0. The van der Waals surface area contributed by atoms with E-state index in [2.05, 4.69) is 12.2 Å². The van der Waals surface area contributed by atoms with Crippen LogP contribution in [0.3, 0.4) is 0 Å². The maximum atomic E-state index is 2.43. The van der Waals surface area contributed by atoms with Crippen molar-refractivity contribution in [2.24, 2.45) is 11.8 Å². The average molecular weight is 122 g/mol. The van der Waals surface area contributed by atoms with Crippen molar-refractivity contribution in [3.05, 3.63) is 12.2 Å². The van der Waals surface area contributed by atoms with E-state index in [4.69, 9.17) is 0 Å². The highest BCUT2D eigenvalue weighted by Gasteiger charge is 2.24. The van der Waals surface area contributed by atoms with Crippen LogP contribution < -0.4 is 0 Å². The number of allylic oxidation sites excluding steroid dienone is 2. The van der Waals surface area contributed by atoms with Gasteiger partial charge in [-0.15, -0.1) is 0 Å². The second kappa shape index (κ2) is 2.17. The molecule has 0 aromatic heterocycles. The zero-order valence-corrected chi connectivity index (χ0v) is 5.84. The lowest BCUT2D eigenvalue weighted by atomic mass is 9.82. The summed E-state index contributed by atoms with van der Waals surface area (Å²) in [6.07, 6.45) is 12.1. The molecule has 1 saturated carbocycles. The second-order valence-corrected chi connectivity index (χ2v) is 3.37. The Hall–Kier alpha value is -0.260. The Labute approximate surface area is 57.0 Å². The summed E-state index contributed by atoms with van der Waals surface area (Å²) in [4.78, 5) is 0. The molecule has 2 aliphatic rings. The minimum atomic E-state index is 0.985. The number of fused-ring (bicyclic) bond motifs is 1. The molecule has 0 heteroatoms. The molecule has 2 aliphatic carbocycles. The Morgan fingerprint density at radius 3 is 2.89 bits per heavy atom. The molecule has 1 fully saturated rings. The van der Waals surface area contributed by atoms with Crippen LogP contribution in [0.1, 0.15) is 32.1 Å². The SMILES string of the molecule is C1=C[C@@H]2CCCC[C@@H]2C1. The molecule has 0 amide bonds. The molecule has 0 aliphatic heterocycles. The van der Waals surface area contributed by atoms with Crippen LogP contribution in [0, 0.1) is 11.8 Å². The molecule has 0 heterocycles. The molecule has 0 nitrogen and oxygen atoms in total. The Balaban J connectivity index is 2.03. The van der Waals surface area contributed by atoms with Gasteiger partial charge in [0.2, 0.25) is 0 Å². The predicted octanol–water partition coefficient (Wildman–Crippen LogP) is 2.75. The van der Waals surface area contributed by atoms with Gasteiger partial charge in [0.15, 0.2) is 0 Å². The van der Waals surface area contributed by atoms with Crippen molar-refractivity contribution in [1.29, 1.82) is 0 Å². The fraction of sp³-hybridized carbons (Fsp3) is 0.778. The van der Waals surface area contributed by atoms with Gasteiger partial charge in [0.25, 0.3) is 0 Å². The third kappa shape index (κ3) is 0.910. The molecule has 0 aromatic carbocycles. The highest BCUT2D eigenvalue weighted by Crippen LogP contribution is 2.37. The summed E-state index contributed by atoms with van der Waals surface area (Å²) in [7, 11) is 0. The van der Waals surface area contributed by atoms with Crippen LogP contribution in [0.5, 0.6) is 0 Å². The molecular formula is C9H14. The predicted molar refractivity (Wildman–Crippen MR) is 39.2 cm³/mol. The van der Waals surface area contributed by atoms with E-state index in [1.807, 2.05) is 0 Å². The highest BCUT2D eigenvalue weighted by atomic mass is 14.3. The largest absolute Gasteiger partial charge is 0.0880 e. The first-order valence-corrected chi connectivity index (χ1v) is 4.13. The van der Waals surface area contributed by atoms with Gasteiger partial charge in [0, 0.05) is 0 Å². The van der Waals surface area contributed by atoms with Crippen LogP contribution >= 0.6 is 0 Å². The Kier molecular flexibility index (Phi) is 1.33. The van der Waals surface area contributed by atoms with Crippen LogP contribution in [0.25, 0.3) is 0 Å². The normalized spacial score (nSPS) is 40.9. The maximum Gasteiger partial charge on any atom is -0.0202 e. The minimum Gasteiger partial charge on any atom is -0.0880 e. The summed E-state index contributed by atoms with van der Waals surface area (Å²) in [6, 6.07) is 0. The van der Waals surface area contributed by atoms with E-state index < -0.39 is 0 Å². The van der Waals surface area contributed by atoms with E-state index in [-0.39, 0.29) is 0 Å². The van der Waals surface area contributed by atoms with Crippen molar-refractivity contribution in [3.63, 3.8) is 0 Å². The van der Waals surface area contributed by atoms with Gasteiger partial charge in [-0.3, -0.25) is 0 Å². The number of hydrogen-bond acceptors (Lipinski definition) is 0. The molecule has 0 N–H and O–H groups in total. The zero-order chi connectivity index (χ0) is 6.10. The first kappa shape index (κ1) is 5.52. The minimum absolute atomic E-state index is 0.985. The summed E-state index contributed by atoms with van der Waals surface area (Å²) in [5.74, 6) is 2.04. The molecule has 0 spiro atoms.